The van der Waals surface area contributed by atoms with Crippen LogP contribution in [-0.2, 0) is 0 Å². The molecule has 21 heavy (non-hydrogen) atoms. The van der Waals surface area contributed by atoms with Gasteiger partial charge in [0, 0.05) is 3.57 Å². The molecule has 0 spiro atoms. The van der Waals surface area contributed by atoms with E-state index in [9.17, 15) is 4.39 Å². The summed E-state index contributed by atoms with van der Waals surface area (Å²) < 4.78 is 19.6. The number of methoxy groups -OCH3 is 1. The van der Waals surface area contributed by atoms with Crippen LogP contribution in [0.15, 0.2) is 30.3 Å². The highest BCUT2D eigenvalue weighted by atomic mass is 127. The second-order valence-corrected chi connectivity index (χ2v) is 6.24. The Balaban J connectivity index is 2.51. The Morgan fingerprint density at radius 2 is 1.76 bits per heavy atom. The molecular weight excluding hydrogens is 380 g/mol. The Labute approximate surface area is 138 Å². The average Bonchev–Trinajstić information content (AvgIpc) is 2.41. The molecule has 0 aromatic heterocycles. The fourth-order valence-electron chi connectivity index (χ4n) is 2.71. The van der Waals surface area contributed by atoms with Gasteiger partial charge < -0.3 is 10.1 Å². The van der Waals surface area contributed by atoms with Crippen LogP contribution in [0.25, 0.3) is 0 Å². The molecule has 112 valence electrons. The topological polar surface area (TPSA) is 21.3 Å². The van der Waals surface area contributed by atoms with E-state index in [1.165, 1.54) is 6.07 Å². The molecule has 1 N–H and O–H groups in total. The molecule has 0 saturated carbocycles. The largest absolute Gasteiger partial charge is 0.496 e. The summed E-state index contributed by atoms with van der Waals surface area (Å²) in [6.07, 6.45) is 0. The summed E-state index contributed by atoms with van der Waals surface area (Å²) in [6.45, 7) is 4.08. The molecule has 2 rings (SSSR count). The first kappa shape index (κ1) is 16.2. The standard InChI is InChI=1S/C17H19FINO/c1-10-7-12(8-11(2)17(10)21-4)16(20-3)14-6-5-13(18)9-15(14)19/h5-9,16,20H,1-4H3. The van der Waals surface area contributed by atoms with Gasteiger partial charge in [-0.25, -0.2) is 4.39 Å². The van der Waals surface area contributed by atoms with Gasteiger partial charge in [0.25, 0.3) is 0 Å². The maximum atomic E-state index is 13.3. The number of halogens is 2. The van der Waals surface area contributed by atoms with Crippen LogP contribution in [0.5, 0.6) is 5.75 Å². The molecular formula is C17H19FINO. The van der Waals surface area contributed by atoms with E-state index in [2.05, 4.69) is 40.0 Å². The van der Waals surface area contributed by atoms with Crippen molar-refractivity contribution in [2.75, 3.05) is 14.2 Å². The van der Waals surface area contributed by atoms with Crippen LogP contribution < -0.4 is 10.1 Å². The van der Waals surface area contributed by atoms with E-state index in [1.54, 1.807) is 13.2 Å². The zero-order valence-corrected chi connectivity index (χ0v) is 14.8. The van der Waals surface area contributed by atoms with Crippen molar-refractivity contribution >= 4 is 22.6 Å². The Kier molecular flexibility index (Phi) is 5.22. The molecule has 1 unspecified atom stereocenters. The van der Waals surface area contributed by atoms with Gasteiger partial charge in [0.05, 0.1) is 13.2 Å². The maximum absolute atomic E-state index is 13.3. The number of aryl methyl sites for hydroxylation is 2. The minimum atomic E-state index is -0.208. The van der Waals surface area contributed by atoms with Crippen LogP contribution in [0.1, 0.15) is 28.3 Å². The number of hydrogen-bond donors (Lipinski definition) is 1. The second-order valence-electron chi connectivity index (χ2n) is 5.08. The van der Waals surface area contributed by atoms with Crippen LogP contribution in [0, 0.1) is 23.2 Å². The molecule has 4 heteroatoms. The molecule has 0 aliphatic heterocycles. The minimum Gasteiger partial charge on any atom is -0.496 e. The predicted molar refractivity (Wildman–Crippen MR) is 92.5 cm³/mol. The lowest BCUT2D eigenvalue weighted by Crippen LogP contribution is -2.19. The predicted octanol–water partition coefficient (Wildman–Crippen LogP) is 4.36. The van der Waals surface area contributed by atoms with Gasteiger partial charge in [0.2, 0.25) is 0 Å². The SMILES string of the molecule is CNC(c1cc(C)c(OC)c(C)c1)c1ccc(F)cc1I. The van der Waals surface area contributed by atoms with Gasteiger partial charge in [-0.2, -0.15) is 0 Å². The van der Waals surface area contributed by atoms with Gasteiger partial charge >= 0.3 is 0 Å². The maximum Gasteiger partial charge on any atom is 0.124 e. The Morgan fingerprint density at radius 1 is 1.14 bits per heavy atom. The van der Waals surface area contributed by atoms with Crippen LogP contribution >= 0.6 is 22.6 Å². The highest BCUT2D eigenvalue weighted by Crippen LogP contribution is 2.31. The molecule has 0 aliphatic rings. The average molecular weight is 399 g/mol. The summed E-state index contributed by atoms with van der Waals surface area (Å²) in [5.74, 6) is 0.711. The molecule has 0 saturated heterocycles. The third-order valence-corrected chi connectivity index (χ3v) is 4.52. The van der Waals surface area contributed by atoms with Crippen LogP contribution in [0.2, 0.25) is 0 Å². The molecule has 0 amide bonds. The van der Waals surface area contributed by atoms with Crippen molar-refractivity contribution in [1.29, 1.82) is 0 Å². The first-order valence-corrected chi connectivity index (χ1v) is 7.83. The second kappa shape index (κ2) is 6.75. The Morgan fingerprint density at radius 3 is 2.24 bits per heavy atom. The molecule has 0 fully saturated rings. The molecule has 0 radical (unpaired) electrons. The van der Waals surface area contributed by atoms with Crippen molar-refractivity contribution in [2.45, 2.75) is 19.9 Å². The molecule has 1 atom stereocenters. The minimum absolute atomic E-state index is 0.0285. The molecule has 2 nitrogen and oxygen atoms in total. The Hall–Kier alpha value is -1.14. The first-order valence-electron chi connectivity index (χ1n) is 6.75. The number of nitrogens with one attached hydrogen (secondary N) is 1. The van der Waals surface area contributed by atoms with E-state index >= 15 is 0 Å². The third-order valence-electron chi connectivity index (χ3n) is 3.58. The van der Waals surface area contributed by atoms with Gasteiger partial charge in [0.15, 0.2) is 0 Å². The van der Waals surface area contributed by atoms with Crippen molar-refractivity contribution in [2.24, 2.45) is 0 Å². The van der Waals surface area contributed by atoms with Crippen molar-refractivity contribution in [1.82, 2.24) is 5.32 Å². The van der Waals surface area contributed by atoms with Crippen LogP contribution in [-0.4, -0.2) is 14.2 Å². The Bertz CT molecular complexity index is 634. The van der Waals surface area contributed by atoms with Crippen molar-refractivity contribution in [3.05, 3.63) is 62.0 Å². The van der Waals surface area contributed by atoms with E-state index in [0.29, 0.717) is 0 Å². The zero-order valence-electron chi connectivity index (χ0n) is 12.6. The summed E-state index contributed by atoms with van der Waals surface area (Å²) >= 11 is 2.18. The van der Waals surface area contributed by atoms with E-state index in [1.807, 2.05) is 27.0 Å². The summed E-state index contributed by atoms with van der Waals surface area (Å²) in [4.78, 5) is 0. The van der Waals surface area contributed by atoms with Crippen molar-refractivity contribution in [3.8, 4) is 5.75 Å². The lowest BCUT2D eigenvalue weighted by atomic mass is 9.95. The monoisotopic (exact) mass is 399 g/mol. The summed E-state index contributed by atoms with van der Waals surface area (Å²) in [5, 5.41) is 3.32. The quantitative estimate of drug-likeness (QED) is 0.772. The number of ether oxygens (including phenoxy) is 1. The highest BCUT2D eigenvalue weighted by Gasteiger charge is 2.17. The number of hydrogen-bond acceptors (Lipinski definition) is 2. The van der Waals surface area contributed by atoms with Crippen LogP contribution in [0.3, 0.4) is 0 Å². The van der Waals surface area contributed by atoms with Crippen molar-refractivity contribution < 1.29 is 9.13 Å². The van der Waals surface area contributed by atoms with Gasteiger partial charge in [0.1, 0.15) is 11.6 Å². The highest BCUT2D eigenvalue weighted by molar-refractivity contribution is 14.1. The molecule has 0 heterocycles. The van der Waals surface area contributed by atoms with Gasteiger partial charge in [-0.15, -0.1) is 0 Å². The smallest absolute Gasteiger partial charge is 0.124 e. The molecule has 0 aliphatic carbocycles. The number of rotatable bonds is 4. The summed E-state index contributed by atoms with van der Waals surface area (Å²) in [6, 6.07) is 9.17. The van der Waals surface area contributed by atoms with E-state index in [4.69, 9.17) is 4.74 Å². The zero-order chi connectivity index (χ0) is 15.6. The van der Waals surface area contributed by atoms with E-state index < -0.39 is 0 Å². The van der Waals surface area contributed by atoms with Gasteiger partial charge in [-0.3, -0.25) is 0 Å². The normalized spacial score (nSPS) is 12.3. The van der Waals surface area contributed by atoms with Gasteiger partial charge in [-0.05, 0) is 77.9 Å². The lowest BCUT2D eigenvalue weighted by Gasteiger charge is -2.21. The molecule has 2 aromatic carbocycles. The van der Waals surface area contributed by atoms with Crippen molar-refractivity contribution in [3.63, 3.8) is 0 Å². The summed E-state index contributed by atoms with van der Waals surface area (Å²) in [5.41, 5.74) is 4.43. The van der Waals surface area contributed by atoms with E-state index in [0.717, 1.165) is 31.6 Å². The van der Waals surface area contributed by atoms with E-state index in [-0.39, 0.29) is 11.9 Å². The fourth-order valence-corrected chi connectivity index (χ4v) is 3.50. The lowest BCUT2D eigenvalue weighted by molar-refractivity contribution is 0.408. The number of benzene rings is 2. The summed E-state index contributed by atoms with van der Waals surface area (Å²) in [7, 11) is 3.60. The third kappa shape index (κ3) is 3.37. The fraction of sp³-hybridized carbons (Fsp3) is 0.294. The van der Waals surface area contributed by atoms with Crippen LogP contribution in [0.4, 0.5) is 4.39 Å². The molecule has 2 aromatic rings. The first-order chi connectivity index (χ1) is 9.97. The molecule has 0 bridgehead atoms. The van der Waals surface area contributed by atoms with Gasteiger partial charge in [-0.1, -0.05) is 18.2 Å².